The average molecular weight is 338 g/mol. The third-order valence-corrected chi connectivity index (χ3v) is 3.74. The zero-order valence-electron chi connectivity index (χ0n) is 14.0. The van der Waals surface area contributed by atoms with Crippen LogP contribution in [0.15, 0.2) is 53.6 Å². The first kappa shape index (κ1) is 16.8. The number of aromatic nitrogens is 3. The van der Waals surface area contributed by atoms with Crippen molar-refractivity contribution in [2.45, 2.75) is 19.6 Å². The molecule has 25 heavy (non-hydrogen) atoms. The van der Waals surface area contributed by atoms with Gasteiger partial charge >= 0.3 is 0 Å². The monoisotopic (exact) mass is 338 g/mol. The lowest BCUT2D eigenvalue weighted by atomic mass is 10.0. The van der Waals surface area contributed by atoms with Crippen LogP contribution in [0.3, 0.4) is 0 Å². The Labute approximate surface area is 144 Å². The largest absolute Gasteiger partial charge is 0.385 e. The molecule has 0 bridgehead atoms. The van der Waals surface area contributed by atoms with Crippen LogP contribution < -0.4 is 0 Å². The van der Waals surface area contributed by atoms with Crippen molar-refractivity contribution in [1.29, 1.82) is 0 Å². The van der Waals surface area contributed by atoms with Gasteiger partial charge in [0.2, 0.25) is 0 Å². The number of hydrogen-bond donors (Lipinski definition) is 1. The smallest absolute Gasteiger partial charge is 0.259 e. The topological polar surface area (TPSA) is 92.3 Å². The van der Waals surface area contributed by atoms with E-state index in [-0.39, 0.29) is 17.2 Å². The van der Waals surface area contributed by atoms with E-state index in [1.54, 1.807) is 44.0 Å². The fraction of sp³-hybridized carbons (Fsp3) is 0.222. The SMILES string of the molecule is C[C@H](O)c1onc(-c2cccnc2)c1C(=O)N(C)Cc1cccnc1. The number of amides is 1. The summed E-state index contributed by atoms with van der Waals surface area (Å²) >= 11 is 0. The highest BCUT2D eigenvalue weighted by molar-refractivity contribution is 6.00. The highest BCUT2D eigenvalue weighted by atomic mass is 16.5. The Kier molecular flexibility index (Phi) is 4.85. The van der Waals surface area contributed by atoms with Gasteiger partial charge in [0.25, 0.3) is 5.91 Å². The van der Waals surface area contributed by atoms with Crippen LogP contribution in [0, 0.1) is 0 Å². The van der Waals surface area contributed by atoms with E-state index in [2.05, 4.69) is 15.1 Å². The lowest BCUT2D eigenvalue weighted by Gasteiger charge is -2.18. The number of aliphatic hydroxyl groups excluding tert-OH is 1. The Hall–Kier alpha value is -3.06. The van der Waals surface area contributed by atoms with Gasteiger partial charge in [-0.3, -0.25) is 14.8 Å². The number of rotatable bonds is 5. The Morgan fingerprint density at radius 2 is 1.96 bits per heavy atom. The molecule has 0 unspecified atom stereocenters. The number of aliphatic hydroxyl groups is 1. The maximum atomic E-state index is 13.0. The quantitative estimate of drug-likeness (QED) is 0.768. The molecular weight excluding hydrogens is 320 g/mol. The predicted molar refractivity (Wildman–Crippen MR) is 90.4 cm³/mol. The normalized spacial score (nSPS) is 12.0. The van der Waals surface area contributed by atoms with Crippen LogP contribution in [0.2, 0.25) is 0 Å². The van der Waals surface area contributed by atoms with Crippen molar-refractivity contribution in [2.75, 3.05) is 7.05 Å². The molecule has 1 amide bonds. The molecule has 1 N–H and O–H groups in total. The summed E-state index contributed by atoms with van der Waals surface area (Å²) in [5.74, 6) is -0.151. The first-order valence-electron chi connectivity index (χ1n) is 7.80. The van der Waals surface area contributed by atoms with Crippen molar-refractivity contribution in [2.24, 2.45) is 0 Å². The van der Waals surface area contributed by atoms with Crippen LogP contribution in [0.5, 0.6) is 0 Å². The molecule has 7 heteroatoms. The van der Waals surface area contributed by atoms with Crippen LogP contribution in [0.1, 0.15) is 34.7 Å². The molecular formula is C18H18N4O3. The van der Waals surface area contributed by atoms with Crippen molar-refractivity contribution in [3.05, 3.63) is 65.9 Å². The first-order chi connectivity index (χ1) is 12.1. The number of carbonyl (C=O) groups excluding carboxylic acids is 1. The Bertz CT molecular complexity index is 847. The zero-order valence-corrected chi connectivity index (χ0v) is 14.0. The Morgan fingerprint density at radius 1 is 1.24 bits per heavy atom. The van der Waals surface area contributed by atoms with E-state index in [9.17, 15) is 9.90 Å². The number of nitrogens with zero attached hydrogens (tertiary/aromatic N) is 4. The summed E-state index contributed by atoms with van der Waals surface area (Å²) in [6, 6.07) is 7.24. The molecule has 0 aliphatic carbocycles. The van der Waals surface area contributed by atoms with Crippen molar-refractivity contribution in [3.63, 3.8) is 0 Å². The third-order valence-electron chi connectivity index (χ3n) is 3.74. The van der Waals surface area contributed by atoms with Crippen molar-refractivity contribution in [1.82, 2.24) is 20.0 Å². The van der Waals surface area contributed by atoms with Crippen LogP contribution in [0.4, 0.5) is 0 Å². The van der Waals surface area contributed by atoms with E-state index in [1.807, 2.05) is 12.1 Å². The second-order valence-corrected chi connectivity index (χ2v) is 5.71. The second kappa shape index (κ2) is 7.23. The number of hydrogen-bond acceptors (Lipinski definition) is 6. The lowest BCUT2D eigenvalue weighted by molar-refractivity contribution is 0.0773. The van der Waals surface area contributed by atoms with Gasteiger partial charge in [0.15, 0.2) is 5.76 Å². The van der Waals surface area contributed by atoms with E-state index in [1.165, 1.54) is 11.8 Å². The number of carbonyl (C=O) groups is 1. The van der Waals surface area contributed by atoms with Crippen LogP contribution in [0.25, 0.3) is 11.3 Å². The summed E-state index contributed by atoms with van der Waals surface area (Å²) in [4.78, 5) is 22.6. The molecule has 0 aliphatic rings. The number of pyridine rings is 2. The molecule has 7 nitrogen and oxygen atoms in total. The standard InChI is InChI=1S/C18H18N4O3/c1-12(23)17-15(16(21-25-17)14-6-4-8-20-10-14)18(24)22(2)11-13-5-3-7-19-9-13/h3-10,12,23H,11H2,1-2H3/t12-/m0/s1. The highest BCUT2D eigenvalue weighted by Gasteiger charge is 2.28. The second-order valence-electron chi connectivity index (χ2n) is 5.71. The fourth-order valence-electron chi connectivity index (χ4n) is 2.52. The van der Waals surface area contributed by atoms with Crippen LogP contribution in [-0.4, -0.2) is 38.1 Å². The van der Waals surface area contributed by atoms with E-state index < -0.39 is 6.10 Å². The van der Waals surface area contributed by atoms with Gasteiger partial charge in [-0.05, 0) is 30.7 Å². The highest BCUT2D eigenvalue weighted by Crippen LogP contribution is 2.29. The molecule has 128 valence electrons. The molecule has 0 aliphatic heterocycles. The fourth-order valence-corrected chi connectivity index (χ4v) is 2.52. The van der Waals surface area contributed by atoms with E-state index >= 15 is 0 Å². The van der Waals surface area contributed by atoms with Gasteiger partial charge in [-0.2, -0.15) is 0 Å². The molecule has 3 aromatic rings. The summed E-state index contributed by atoms with van der Waals surface area (Å²) in [6.07, 6.45) is 5.66. The van der Waals surface area contributed by atoms with Crippen molar-refractivity contribution >= 4 is 5.91 Å². The maximum absolute atomic E-state index is 13.0. The minimum absolute atomic E-state index is 0.141. The van der Waals surface area contributed by atoms with Gasteiger partial charge < -0.3 is 14.5 Å². The van der Waals surface area contributed by atoms with Gasteiger partial charge in [0.1, 0.15) is 17.4 Å². The molecule has 3 rings (SSSR count). The van der Waals surface area contributed by atoms with Gasteiger partial charge in [0, 0.05) is 43.9 Å². The molecule has 0 saturated heterocycles. The maximum Gasteiger partial charge on any atom is 0.259 e. The zero-order chi connectivity index (χ0) is 17.8. The average Bonchev–Trinajstić information content (AvgIpc) is 3.08. The van der Waals surface area contributed by atoms with Gasteiger partial charge in [-0.15, -0.1) is 0 Å². The summed E-state index contributed by atoms with van der Waals surface area (Å²) < 4.78 is 5.25. The Morgan fingerprint density at radius 3 is 2.56 bits per heavy atom. The predicted octanol–water partition coefficient (Wildman–Crippen LogP) is 2.46. The van der Waals surface area contributed by atoms with E-state index in [4.69, 9.17) is 4.52 Å². The summed E-state index contributed by atoms with van der Waals surface area (Å²) in [5.41, 5.74) is 2.16. The van der Waals surface area contributed by atoms with Crippen molar-refractivity contribution < 1.29 is 14.4 Å². The lowest BCUT2D eigenvalue weighted by Crippen LogP contribution is -2.27. The van der Waals surface area contributed by atoms with Gasteiger partial charge in [-0.1, -0.05) is 11.2 Å². The summed E-state index contributed by atoms with van der Waals surface area (Å²) in [7, 11) is 1.68. The van der Waals surface area contributed by atoms with Gasteiger partial charge in [0.05, 0.1) is 0 Å². The molecule has 0 aromatic carbocycles. The molecule has 0 spiro atoms. The molecule has 3 heterocycles. The molecule has 0 saturated carbocycles. The van der Waals surface area contributed by atoms with E-state index in [0.717, 1.165) is 5.56 Å². The molecule has 1 atom stereocenters. The molecule has 0 fully saturated rings. The van der Waals surface area contributed by atoms with Crippen LogP contribution in [-0.2, 0) is 6.54 Å². The van der Waals surface area contributed by atoms with Gasteiger partial charge in [-0.25, -0.2) is 0 Å². The Balaban J connectivity index is 1.97. The summed E-state index contributed by atoms with van der Waals surface area (Å²) in [6.45, 7) is 1.91. The molecule has 3 aromatic heterocycles. The minimum atomic E-state index is -0.955. The van der Waals surface area contributed by atoms with Crippen LogP contribution >= 0.6 is 0 Å². The van der Waals surface area contributed by atoms with Crippen molar-refractivity contribution in [3.8, 4) is 11.3 Å². The molecule has 0 radical (unpaired) electrons. The van der Waals surface area contributed by atoms with E-state index in [0.29, 0.717) is 17.8 Å². The first-order valence-corrected chi connectivity index (χ1v) is 7.80. The minimum Gasteiger partial charge on any atom is -0.385 e. The summed E-state index contributed by atoms with van der Waals surface area (Å²) in [5, 5.41) is 13.9. The third kappa shape index (κ3) is 3.56.